The molecule has 1 saturated carbocycles. The predicted octanol–water partition coefficient (Wildman–Crippen LogP) is 2.78. The summed E-state index contributed by atoms with van der Waals surface area (Å²) in [5, 5.41) is 3.79. The first-order valence-electron chi connectivity index (χ1n) is 9.77. The summed E-state index contributed by atoms with van der Waals surface area (Å²) in [5.74, 6) is -2.00. The molecule has 0 N–H and O–H groups in total. The Hall–Kier alpha value is -2.46. The molecule has 8 nitrogen and oxygen atoms in total. The Morgan fingerprint density at radius 2 is 2.03 bits per heavy atom. The molecular formula is C20H20ClFN2O6S. The molecule has 2 aliphatic rings. The van der Waals surface area contributed by atoms with Gasteiger partial charge in [-0.3, -0.25) is 4.79 Å². The first-order chi connectivity index (χ1) is 14.7. The second kappa shape index (κ2) is 8.23. The number of halogens is 2. The lowest BCUT2D eigenvalue weighted by molar-refractivity contribution is -0.137. The smallest absolute Gasteiger partial charge is 0.344 e. The van der Waals surface area contributed by atoms with Gasteiger partial charge in [0.2, 0.25) is 0 Å². The van der Waals surface area contributed by atoms with Crippen molar-refractivity contribution in [2.24, 2.45) is 0 Å². The third-order valence-electron chi connectivity index (χ3n) is 5.42. The summed E-state index contributed by atoms with van der Waals surface area (Å²) in [5.41, 5.74) is -0.338. The molecular weight excluding hydrogens is 451 g/mol. The van der Waals surface area contributed by atoms with E-state index in [9.17, 15) is 22.4 Å². The van der Waals surface area contributed by atoms with E-state index in [1.54, 1.807) is 0 Å². The summed E-state index contributed by atoms with van der Waals surface area (Å²) in [6.07, 6.45) is 1.95. The first kappa shape index (κ1) is 21.8. The number of sulfone groups is 1. The Morgan fingerprint density at radius 3 is 2.65 bits per heavy atom. The lowest BCUT2D eigenvalue weighted by Crippen LogP contribution is -2.44. The number of hydrogen-bond donors (Lipinski definition) is 0. The van der Waals surface area contributed by atoms with Crippen molar-refractivity contribution in [3.05, 3.63) is 40.4 Å². The molecule has 1 atom stereocenters. The maximum absolute atomic E-state index is 14.3. The lowest BCUT2D eigenvalue weighted by atomic mass is 10.1. The molecule has 0 unspecified atom stereocenters. The number of nitrogens with zero attached hydrogens (tertiary/aromatic N) is 2. The molecule has 0 radical (unpaired) electrons. The zero-order valence-corrected chi connectivity index (χ0v) is 18.2. The molecule has 0 spiro atoms. The van der Waals surface area contributed by atoms with Gasteiger partial charge in [0.15, 0.2) is 16.4 Å². The van der Waals surface area contributed by atoms with E-state index in [4.69, 9.17) is 20.9 Å². The van der Waals surface area contributed by atoms with Crippen molar-refractivity contribution in [1.82, 2.24) is 10.1 Å². The number of hydrogen-bond acceptors (Lipinski definition) is 7. The van der Waals surface area contributed by atoms with Crippen molar-refractivity contribution in [1.29, 1.82) is 0 Å². The Kier molecular flexibility index (Phi) is 5.78. The van der Waals surface area contributed by atoms with Crippen LogP contribution >= 0.6 is 11.6 Å². The molecule has 2 aromatic rings. The van der Waals surface area contributed by atoms with Crippen LogP contribution in [0.15, 0.2) is 22.7 Å². The second-order valence-electron chi connectivity index (χ2n) is 7.72. The van der Waals surface area contributed by atoms with Crippen LogP contribution in [0.25, 0.3) is 11.3 Å². The maximum atomic E-state index is 14.3. The molecule has 1 aromatic carbocycles. The fraction of sp³-hybridized carbons (Fsp3) is 0.450. The number of aryl methyl sites for hydroxylation is 1. The highest BCUT2D eigenvalue weighted by molar-refractivity contribution is 7.91. The second-order valence-corrected chi connectivity index (χ2v) is 10.4. The molecule has 2 heterocycles. The van der Waals surface area contributed by atoms with E-state index in [-0.39, 0.29) is 45.2 Å². The minimum atomic E-state index is -3.17. The van der Waals surface area contributed by atoms with E-state index in [1.165, 1.54) is 30.0 Å². The van der Waals surface area contributed by atoms with Gasteiger partial charge in [-0.25, -0.2) is 17.6 Å². The van der Waals surface area contributed by atoms with Gasteiger partial charge in [-0.15, -0.1) is 0 Å². The number of ether oxygens (including phenoxy) is 1. The summed E-state index contributed by atoms with van der Waals surface area (Å²) in [6, 6.07) is 3.60. The SMILES string of the molecule is Cc1onc(-c2c(F)cccc2Cl)c1C(=O)OCC(=O)N(C1CC1)[C@@H]1CCS(=O)(=O)C1. The van der Waals surface area contributed by atoms with Gasteiger partial charge >= 0.3 is 5.97 Å². The lowest BCUT2D eigenvalue weighted by Gasteiger charge is -2.28. The van der Waals surface area contributed by atoms with Crippen LogP contribution in [0.2, 0.25) is 5.02 Å². The number of esters is 1. The number of aromatic nitrogens is 1. The van der Waals surface area contributed by atoms with E-state index in [0.717, 1.165) is 12.8 Å². The quantitative estimate of drug-likeness (QED) is 0.597. The number of rotatable bonds is 6. The van der Waals surface area contributed by atoms with Crippen LogP contribution in [0, 0.1) is 12.7 Å². The van der Waals surface area contributed by atoms with Crippen molar-refractivity contribution in [3.8, 4) is 11.3 Å². The summed E-state index contributed by atoms with van der Waals surface area (Å²) in [7, 11) is -3.17. The van der Waals surface area contributed by atoms with Gasteiger partial charge in [-0.1, -0.05) is 22.8 Å². The van der Waals surface area contributed by atoms with Gasteiger partial charge in [-0.05, 0) is 38.3 Å². The molecule has 31 heavy (non-hydrogen) atoms. The first-order valence-corrected chi connectivity index (χ1v) is 12.0. The predicted molar refractivity (Wildman–Crippen MR) is 109 cm³/mol. The fourth-order valence-corrected chi connectivity index (χ4v) is 5.80. The Labute approximate surface area is 183 Å². The molecule has 1 saturated heterocycles. The number of amides is 1. The molecule has 4 rings (SSSR count). The molecule has 1 aromatic heterocycles. The molecule has 1 aliphatic heterocycles. The summed E-state index contributed by atoms with van der Waals surface area (Å²) in [4.78, 5) is 27.0. The van der Waals surface area contributed by atoms with Crippen molar-refractivity contribution in [2.75, 3.05) is 18.1 Å². The van der Waals surface area contributed by atoms with E-state index >= 15 is 0 Å². The van der Waals surface area contributed by atoms with Gasteiger partial charge < -0.3 is 14.2 Å². The molecule has 1 amide bonds. The molecule has 1 aliphatic carbocycles. The van der Waals surface area contributed by atoms with Crippen molar-refractivity contribution in [2.45, 2.75) is 38.3 Å². The Morgan fingerprint density at radius 1 is 1.29 bits per heavy atom. The third kappa shape index (κ3) is 4.45. The topological polar surface area (TPSA) is 107 Å². The number of carbonyl (C=O) groups is 2. The zero-order chi connectivity index (χ0) is 22.3. The maximum Gasteiger partial charge on any atom is 0.344 e. The largest absolute Gasteiger partial charge is 0.452 e. The summed E-state index contributed by atoms with van der Waals surface area (Å²) in [6.45, 7) is 0.893. The average Bonchev–Trinajstić information content (AvgIpc) is 3.36. The minimum absolute atomic E-state index is 0.0328. The highest BCUT2D eigenvalue weighted by Gasteiger charge is 2.42. The van der Waals surface area contributed by atoms with Crippen LogP contribution in [0.1, 0.15) is 35.4 Å². The standard InChI is InChI=1S/C20H20ClFN2O6S/c1-11-17(19(23-30-11)18-14(21)3-2-4-15(18)22)20(26)29-9-16(25)24(12-5-6-12)13-7-8-31(27,28)10-13/h2-4,12-13H,5-10H2,1H3/t13-/m1/s1. The van der Waals surface area contributed by atoms with Gasteiger partial charge in [-0.2, -0.15) is 0 Å². The Bertz CT molecular complexity index is 1120. The van der Waals surface area contributed by atoms with Gasteiger partial charge in [0.25, 0.3) is 5.91 Å². The fourth-order valence-electron chi connectivity index (χ4n) is 3.83. The van der Waals surface area contributed by atoms with Crippen LogP contribution in [-0.4, -0.2) is 60.5 Å². The van der Waals surface area contributed by atoms with E-state index in [0.29, 0.717) is 6.42 Å². The van der Waals surface area contributed by atoms with Crippen LogP contribution in [0.3, 0.4) is 0 Å². The van der Waals surface area contributed by atoms with E-state index in [1.807, 2.05) is 0 Å². The van der Waals surface area contributed by atoms with Gasteiger partial charge in [0.05, 0.1) is 22.1 Å². The van der Waals surface area contributed by atoms with Crippen molar-refractivity contribution >= 4 is 33.3 Å². The van der Waals surface area contributed by atoms with Crippen LogP contribution in [-0.2, 0) is 19.4 Å². The highest BCUT2D eigenvalue weighted by atomic mass is 35.5. The summed E-state index contributed by atoms with van der Waals surface area (Å²) >= 11 is 6.07. The normalized spacial score (nSPS) is 19.9. The minimum Gasteiger partial charge on any atom is -0.452 e. The van der Waals surface area contributed by atoms with Crippen molar-refractivity contribution < 1.29 is 31.7 Å². The van der Waals surface area contributed by atoms with Crippen LogP contribution in [0.5, 0.6) is 0 Å². The third-order valence-corrected chi connectivity index (χ3v) is 7.49. The molecule has 11 heteroatoms. The van der Waals surface area contributed by atoms with Crippen molar-refractivity contribution in [3.63, 3.8) is 0 Å². The van der Waals surface area contributed by atoms with Crippen LogP contribution < -0.4 is 0 Å². The van der Waals surface area contributed by atoms with Gasteiger partial charge in [0.1, 0.15) is 22.8 Å². The summed E-state index contributed by atoms with van der Waals surface area (Å²) < 4.78 is 48.2. The number of benzene rings is 1. The highest BCUT2D eigenvalue weighted by Crippen LogP contribution is 2.34. The Balaban J connectivity index is 1.51. The molecule has 2 fully saturated rings. The average molecular weight is 471 g/mol. The van der Waals surface area contributed by atoms with E-state index < -0.39 is 40.2 Å². The monoisotopic (exact) mass is 470 g/mol. The molecule has 166 valence electrons. The van der Waals surface area contributed by atoms with E-state index in [2.05, 4.69) is 5.16 Å². The van der Waals surface area contributed by atoms with Crippen LogP contribution in [0.4, 0.5) is 4.39 Å². The molecule has 0 bridgehead atoms. The van der Waals surface area contributed by atoms with Gasteiger partial charge in [0, 0.05) is 12.1 Å². The zero-order valence-electron chi connectivity index (χ0n) is 16.6. The number of carbonyl (C=O) groups excluding carboxylic acids is 2.